The second-order valence-electron chi connectivity index (χ2n) is 5.31. The fourth-order valence-corrected chi connectivity index (χ4v) is 2.81. The molecule has 0 amide bonds. The molecule has 0 spiro atoms. The zero-order valence-electron chi connectivity index (χ0n) is 13.2. The molecule has 0 bridgehead atoms. The quantitative estimate of drug-likeness (QED) is 0.589. The molecule has 132 valence electrons. The number of nitrogens with one attached hydrogen (secondary N) is 1. The largest absolute Gasteiger partial charge is 0.379 e. The van der Waals surface area contributed by atoms with Crippen molar-refractivity contribution < 1.29 is 18.3 Å². The van der Waals surface area contributed by atoms with E-state index in [0.717, 1.165) is 17.9 Å². The van der Waals surface area contributed by atoms with E-state index in [2.05, 4.69) is 5.32 Å². The molecule has 2 aromatic rings. The van der Waals surface area contributed by atoms with Crippen LogP contribution < -0.4 is 5.32 Å². The zero-order chi connectivity index (χ0) is 18.6. The summed E-state index contributed by atoms with van der Waals surface area (Å²) in [7, 11) is -3.54. The molecule has 0 saturated carbocycles. The predicted octanol–water partition coefficient (Wildman–Crippen LogP) is 2.56. The number of rotatable bonds is 7. The minimum Gasteiger partial charge on any atom is -0.379 e. The van der Waals surface area contributed by atoms with Crippen LogP contribution in [-0.2, 0) is 16.3 Å². The standard InChI is InChI=1S/C15H15N3O6S/c1-25(23,24)13-6-7-14(15(10-13)18(21)22)16-9-8-11-2-4-12(5-3-11)17(19)20/h2-7,10,16H,8-9H2,1H3. The van der Waals surface area contributed by atoms with Gasteiger partial charge in [-0.3, -0.25) is 20.2 Å². The highest BCUT2D eigenvalue weighted by Crippen LogP contribution is 2.27. The van der Waals surface area contributed by atoms with Crippen molar-refractivity contribution in [3.05, 3.63) is 68.3 Å². The zero-order valence-corrected chi connectivity index (χ0v) is 14.0. The minimum absolute atomic E-state index is 0.0105. The summed E-state index contributed by atoms with van der Waals surface area (Å²) in [4.78, 5) is 20.5. The van der Waals surface area contributed by atoms with Crippen LogP contribution in [0.25, 0.3) is 0 Å². The maximum absolute atomic E-state index is 11.5. The number of non-ortho nitro benzene ring substituents is 1. The third-order valence-electron chi connectivity index (χ3n) is 3.47. The molecule has 0 radical (unpaired) electrons. The Kier molecular flexibility index (Phi) is 5.32. The van der Waals surface area contributed by atoms with Gasteiger partial charge in [-0.25, -0.2) is 8.42 Å². The Labute approximate surface area is 143 Å². The molecule has 1 N–H and O–H groups in total. The van der Waals surface area contributed by atoms with Gasteiger partial charge in [0.2, 0.25) is 0 Å². The number of benzene rings is 2. The highest BCUT2D eigenvalue weighted by Gasteiger charge is 2.18. The normalized spacial score (nSPS) is 11.1. The van der Waals surface area contributed by atoms with Gasteiger partial charge in [0.05, 0.1) is 14.7 Å². The van der Waals surface area contributed by atoms with Gasteiger partial charge in [-0.15, -0.1) is 0 Å². The number of nitro groups is 2. The summed E-state index contributed by atoms with van der Waals surface area (Å²) in [6, 6.07) is 9.67. The summed E-state index contributed by atoms with van der Waals surface area (Å²) >= 11 is 0. The van der Waals surface area contributed by atoms with E-state index in [1.54, 1.807) is 12.1 Å². The van der Waals surface area contributed by atoms with Gasteiger partial charge in [0.15, 0.2) is 9.84 Å². The molecule has 0 heterocycles. The first kappa shape index (κ1) is 18.3. The lowest BCUT2D eigenvalue weighted by molar-refractivity contribution is -0.384. The Bertz CT molecular complexity index is 909. The van der Waals surface area contributed by atoms with E-state index in [4.69, 9.17) is 0 Å². The Morgan fingerprint density at radius 1 is 1.00 bits per heavy atom. The van der Waals surface area contributed by atoms with Gasteiger partial charge in [-0.05, 0) is 24.1 Å². The van der Waals surface area contributed by atoms with Crippen molar-refractivity contribution in [3.63, 3.8) is 0 Å². The van der Waals surface area contributed by atoms with Crippen LogP contribution in [0.2, 0.25) is 0 Å². The second-order valence-corrected chi connectivity index (χ2v) is 7.32. The van der Waals surface area contributed by atoms with Crippen LogP contribution in [0.5, 0.6) is 0 Å². The Morgan fingerprint density at radius 2 is 1.64 bits per heavy atom. The van der Waals surface area contributed by atoms with Crippen molar-refractivity contribution in [2.75, 3.05) is 18.1 Å². The molecule has 25 heavy (non-hydrogen) atoms. The van der Waals surface area contributed by atoms with E-state index in [0.29, 0.717) is 13.0 Å². The number of hydrogen-bond acceptors (Lipinski definition) is 7. The molecule has 2 rings (SSSR count). The second kappa shape index (κ2) is 7.26. The summed E-state index contributed by atoms with van der Waals surface area (Å²) < 4.78 is 23.0. The molecule has 9 nitrogen and oxygen atoms in total. The van der Waals surface area contributed by atoms with Crippen LogP contribution in [0.4, 0.5) is 17.1 Å². The van der Waals surface area contributed by atoms with Crippen LogP contribution in [0.3, 0.4) is 0 Å². The first-order valence-electron chi connectivity index (χ1n) is 7.14. The van der Waals surface area contributed by atoms with E-state index in [9.17, 15) is 28.6 Å². The monoisotopic (exact) mass is 365 g/mol. The van der Waals surface area contributed by atoms with E-state index < -0.39 is 19.7 Å². The lowest BCUT2D eigenvalue weighted by atomic mass is 10.1. The van der Waals surface area contributed by atoms with Crippen LogP contribution in [-0.4, -0.2) is 31.1 Å². The molecular formula is C15H15N3O6S. The highest BCUT2D eigenvalue weighted by molar-refractivity contribution is 7.90. The highest BCUT2D eigenvalue weighted by atomic mass is 32.2. The molecule has 0 aliphatic heterocycles. The number of sulfone groups is 1. The molecule has 0 aliphatic rings. The molecule has 10 heteroatoms. The molecule has 0 saturated heterocycles. The van der Waals surface area contributed by atoms with Crippen molar-refractivity contribution >= 4 is 26.9 Å². The first-order chi connectivity index (χ1) is 11.7. The van der Waals surface area contributed by atoms with Gasteiger partial charge in [0, 0.05) is 31.0 Å². The minimum atomic E-state index is -3.54. The van der Waals surface area contributed by atoms with Gasteiger partial charge in [0.1, 0.15) is 5.69 Å². The van der Waals surface area contributed by atoms with E-state index in [-0.39, 0.29) is 22.0 Å². The first-order valence-corrected chi connectivity index (χ1v) is 9.03. The molecular weight excluding hydrogens is 350 g/mol. The molecule has 0 unspecified atom stereocenters. The molecule has 0 aromatic heterocycles. The van der Waals surface area contributed by atoms with Crippen molar-refractivity contribution in [3.8, 4) is 0 Å². The topological polar surface area (TPSA) is 132 Å². The van der Waals surface area contributed by atoms with Gasteiger partial charge >= 0.3 is 0 Å². The third kappa shape index (κ3) is 4.73. The smallest absolute Gasteiger partial charge is 0.293 e. The van der Waals surface area contributed by atoms with Crippen molar-refractivity contribution in [1.82, 2.24) is 0 Å². The number of anilines is 1. The number of nitrogens with zero attached hydrogens (tertiary/aromatic N) is 2. The van der Waals surface area contributed by atoms with Crippen LogP contribution in [0, 0.1) is 20.2 Å². The molecule has 0 aliphatic carbocycles. The maximum Gasteiger partial charge on any atom is 0.293 e. The lowest BCUT2D eigenvalue weighted by Gasteiger charge is -2.08. The summed E-state index contributed by atoms with van der Waals surface area (Å²) in [5.41, 5.74) is 0.697. The van der Waals surface area contributed by atoms with Gasteiger partial charge < -0.3 is 5.32 Å². The van der Waals surface area contributed by atoms with Gasteiger partial charge in [0.25, 0.3) is 11.4 Å². The van der Waals surface area contributed by atoms with E-state index in [1.165, 1.54) is 24.3 Å². The molecule has 2 aromatic carbocycles. The summed E-state index contributed by atoms with van der Waals surface area (Å²) in [5.74, 6) is 0. The SMILES string of the molecule is CS(=O)(=O)c1ccc(NCCc2ccc([N+](=O)[O-])cc2)c([N+](=O)[O-])c1. The Balaban J connectivity index is 2.09. The molecule has 0 fully saturated rings. The Morgan fingerprint density at radius 3 is 2.16 bits per heavy atom. The van der Waals surface area contributed by atoms with E-state index in [1.807, 2.05) is 0 Å². The fourth-order valence-electron chi connectivity index (χ4n) is 2.17. The average molecular weight is 365 g/mol. The van der Waals surface area contributed by atoms with Crippen molar-refractivity contribution in [1.29, 1.82) is 0 Å². The van der Waals surface area contributed by atoms with Crippen molar-refractivity contribution in [2.45, 2.75) is 11.3 Å². The van der Waals surface area contributed by atoms with Crippen molar-refractivity contribution in [2.24, 2.45) is 0 Å². The number of hydrogen-bond donors (Lipinski definition) is 1. The average Bonchev–Trinajstić information content (AvgIpc) is 2.54. The van der Waals surface area contributed by atoms with Gasteiger partial charge in [-0.2, -0.15) is 0 Å². The maximum atomic E-state index is 11.5. The Hall–Kier alpha value is -3.01. The lowest BCUT2D eigenvalue weighted by Crippen LogP contribution is -2.08. The van der Waals surface area contributed by atoms with Crippen LogP contribution >= 0.6 is 0 Å². The summed E-state index contributed by atoms with van der Waals surface area (Å²) in [5, 5.41) is 24.6. The third-order valence-corrected chi connectivity index (χ3v) is 4.58. The van der Waals surface area contributed by atoms with Crippen LogP contribution in [0.15, 0.2) is 47.4 Å². The number of nitro benzene ring substituents is 2. The van der Waals surface area contributed by atoms with E-state index >= 15 is 0 Å². The molecule has 0 atom stereocenters. The fraction of sp³-hybridized carbons (Fsp3) is 0.200. The van der Waals surface area contributed by atoms with Gasteiger partial charge in [-0.1, -0.05) is 12.1 Å². The summed E-state index contributed by atoms with van der Waals surface area (Å²) in [6.45, 7) is 0.344. The van der Waals surface area contributed by atoms with Crippen LogP contribution in [0.1, 0.15) is 5.56 Å². The summed E-state index contributed by atoms with van der Waals surface area (Å²) in [6.07, 6.45) is 1.47. The predicted molar refractivity (Wildman–Crippen MR) is 91.5 cm³/mol.